The molecular weight excluding hydrogens is 1630 g/mol. The van der Waals surface area contributed by atoms with Gasteiger partial charge in [-0.1, -0.05) is 11.6 Å². The predicted octanol–water partition coefficient (Wildman–Crippen LogP) is 10.7. The Kier molecular flexibility index (Phi) is 51.2. The Morgan fingerprint density at radius 3 is 1.21 bits per heavy atom. The van der Waals surface area contributed by atoms with Crippen LogP contribution in [-0.4, -0.2) is 207 Å². The molecule has 38 nitrogen and oxygen atoms in total. The average Bonchev–Trinajstić information content (AvgIpc) is 1.69. The highest BCUT2D eigenvalue weighted by atomic mass is 36.0. The lowest BCUT2D eigenvalue weighted by atomic mass is 9.99. The molecule has 0 atom stereocenters. The Bertz CT molecular complexity index is 4990. The number of H-pyrrole nitrogens is 2. The third-order valence-corrected chi connectivity index (χ3v) is 12.7. The molecule has 0 amide bonds. The van der Waals surface area contributed by atoms with Crippen molar-refractivity contribution in [2.24, 2.45) is 0 Å². The first kappa shape index (κ1) is 109. The molecular formula is C70H94BCl5N17O21P. The zero-order valence-electron chi connectivity index (χ0n) is 67.1. The van der Waals surface area contributed by atoms with Gasteiger partial charge < -0.3 is 45.7 Å². The molecule has 10 aromatic rings. The molecule has 0 aliphatic rings. The maximum Gasteiger partial charge on any atom is 0.448 e. The smallest absolute Gasteiger partial charge is 0.448 e. The average molecular weight is 1730 g/mol. The van der Waals surface area contributed by atoms with E-state index in [1.165, 1.54) is 103 Å². The number of Topliss-reactive ketones (excluding diaryl/α,β-unsaturated/α-hetero) is 10. The monoisotopic (exact) mass is 1730 g/mol. The molecule has 9 N–H and O–H groups in total. The molecule has 45 heteroatoms. The van der Waals surface area contributed by atoms with Crippen LogP contribution < -0.4 is 11.7 Å². The van der Waals surface area contributed by atoms with Gasteiger partial charge in [-0.2, -0.15) is 30.6 Å². The van der Waals surface area contributed by atoms with E-state index in [2.05, 4.69) is 89.3 Å². The zero-order chi connectivity index (χ0) is 88.5. The predicted molar refractivity (Wildman–Crippen MR) is 431 cm³/mol. The molecule has 0 saturated carbocycles. The Labute approximate surface area is 684 Å². The number of hydrogen-bond donors (Lipinski definition) is 7. The van der Waals surface area contributed by atoms with Crippen molar-refractivity contribution in [3.05, 3.63) is 156 Å². The normalized spacial score (nSPS) is 9.78. The summed E-state index contributed by atoms with van der Waals surface area (Å²) in [5.74, 6) is -2.86. The number of esters is 2. The van der Waals surface area contributed by atoms with E-state index in [4.69, 9.17) is 57.7 Å². The first-order valence-electron chi connectivity index (χ1n) is 33.4. The van der Waals surface area contributed by atoms with Crippen molar-refractivity contribution in [1.29, 1.82) is 0 Å². The fourth-order valence-corrected chi connectivity index (χ4v) is 8.12. The summed E-state index contributed by atoms with van der Waals surface area (Å²) in [6.07, 6.45) is 6.87. The number of aryl methyl sites for hydroxylation is 6. The molecule has 628 valence electrons. The van der Waals surface area contributed by atoms with E-state index in [0.29, 0.717) is 51.3 Å². The highest BCUT2D eigenvalue weighted by Gasteiger charge is 2.20. The van der Waals surface area contributed by atoms with Crippen LogP contribution in [0.2, 0.25) is 12.0 Å². The second-order valence-corrected chi connectivity index (χ2v) is 30.7. The largest absolute Gasteiger partial charge is 0.481 e. The lowest BCUT2D eigenvalue weighted by Crippen LogP contribution is -2.16. The Balaban J connectivity index is -0.00000123. The molecule has 0 saturated heterocycles. The van der Waals surface area contributed by atoms with Crippen molar-refractivity contribution in [2.45, 2.75) is 158 Å². The summed E-state index contributed by atoms with van der Waals surface area (Å²) in [4.78, 5) is 166. The van der Waals surface area contributed by atoms with E-state index in [-0.39, 0.29) is 124 Å². The zero-order valence-corrected chi connectivity index (χ0v) is 71.8. The van der Waals surface area contributed by atoms with Crippen molar-refractivity contribution in [3.8, 4) is 0 Å². The van der Waals surface area contributed by atoms with Gasteiger partial charge in [0.2, 0.25) is 0 Å². The van der Waals surface area contributed by atoms with Crippen molar-refractivity contribution in [2.75, 3.05) is 25.7 Å². The Hall–Kier alpha value is -10.6. The molecule has 0 unspecified atom stereocenters. The van der Waals surface area contributed by atoms with Gasteiger partial charge in [0.05, 0.1) is 83.6 Å². The standard InChI is InChI=1S/C12H13N3O2.C11H14N2O4.C10H11N3O.C9H8ClN3O.C9H9N3O2.C8H10N2O3.C3H5ClO.C3H6O.C2H4O2.C2H6O.CH5BO2.Cl3OP.H3N/c1-7-6-15-11(9(3)13-7)5-10(14-15)12(17)4-8(2)16;1-4-17-11(16)10-5-9(8(3)15)12-13(10)6-7(2)14;1-6-5-13-10(7(2)11-6)4-9(12-13)8(3)14;1-5-4-13-8(9(10)11-5)3-7(12-13)6(2)14;1-5-4-12-8(9(14)10-5)3-7(11-12)6(2)13;1-3-13-8(12)7-4-6(5(2)11)9-10-7;1-3(5)2-4;1-3(2)4;1-2(3)4;1-2-3;1-2(3)4;1-5(2,3)4;/h5-6H,4H2,1-3H3;5H,4,6H2,1-3H3;4-5H,1-3H3;3-4H,1-2H3;3-4H,1-2H3,(H,10,14);4H,3H2,1-2H3,(H,9,10);2H2,1H3;1-2H3;1H3,(H,3,4);3H,2H2,1H3;3-4H,1H3;;1H3. The Morgan fingerprint density at radius 2 is 0.852 bits per heavy atom. The summed E-state index contributed by atoms with van der Waals surface area (Å²) >= 11 is 24.7. The third-order valence-electron chi connectivity index (χ3n) is 12.0. The first-order valence-corrected chi connectivity index (χ1v) is 38.7. The molecule has 0 aromatic carbocycles. The molecule has 0 fully saturated rings. The number of aromatic nitrogens is 16. The molecule has 115 heavy (non-hydrogen) atoms. The second kappa shape index (κ2) is 54.2. The molecule has 0 radical (unpaired) electrons. The number of carbonyl (C=O) groups excluding carboxylic acids is 12. The molecule has 10 aromatic heterocycles. The first-order chi connectivity index (χ1) is 52.7. The molecule has 10 rings (SSSR count). The second-order valence-electron chi connectivity index (χ2n) is 23.4. The van der Waals surface area contributed by atoms with Gasteiger partial charge >= 0.3 is 24.3 Å². The number of aliphatic hydroxyl groups is 1. The number of ether oxygens (including phenoxy) is 2. The minimum Gasteiger partial charge on any atom is -0.481 e. The number of nitrogens with one attached hydrogen (secondary N) is 2. The van der Waals surface area contributed by atoms with Gasteiger partial charge in [-0.05, 0) is 156 Å². The van der Waals surface area contributed by atoms with Crippen LogP contribution in [-0.2, 0) is 44.6 Å². The maximum atomic E-state index is 11.7. The van der Waals surface area contributed by atoms with Crippen LogP contribution in [0.25, 0.3) is 22.1 Å². The number of nitrogens with zero attached hydrogens (tertiary/aromatic N) is 14. The van der Waals surface area contributed by atoms with Crippen molar-refractivity contribution in [3.63, 3.8) is 0 Å². The van der Waals surface area contributed by atoms with E-state index >= 15 is 0 Å². The molecule has 0 aliphatic heterocycles. The molecule has 0 bridgehead atoms. The number of aliphatic hydroxyl groups excluding tert-OH is 1. The summed E-state index contributed by atoms with van der Waals surface area (Å²) in [6.45, 7) is 33.7. The van der Waals surface area contributed by atoms with Gasteiger partial charge in [0.15, 0.2) is 45.6 Å². The number of fused-ring (bicyclic) bond motifs is 4. The lowest BCUT2D eigenvalue weighted by molar-refractivity contribution is -0.134. The van der Waals surface area contributed by atoms with Crippen LogP contribution in [0.5, 0.6) is 0 Å². The number of aromatic amines is 2. The summed E-state index contributed by atoms with van der Waals surface area (Å²) < 4.78 is 26.5. The highest BCUT2D eigenvalue weighted by molar-refractivity contribution is 8.24. The maximum absolute atomic E-state index is 11.7. The van der Waals surface area contributed by atoms with E-state index < -0.39 is 30.2 Å². The summed E-state index contributed by atoms with van der Waals surface area (Å²) in [5.41, 5.74) is 9.63. The van der Waals surface area contributed by atoms with E-state index in [1.54, 1.807) is 78.0 Å². The molecule has 0 aliphatic carbocycles. The quantitative estimate of drug-likeness (QED) is 0.0125. The van der Waals surface area contributed by atoms with Gasteiger partial charge in [-0.3, -0.25) is 72.4 Å². The Morgan fingerprint density at radius 1 is 0.522 bits per heavy atom. The van der Waals surface area contributed by atoms with E-state index in [9.17, 15) is 66.9 Å². The summed E-state index contributed by atoms with van der Waals surface area (Å²) in [5, 5.41) is 53.7. The van der Waals surface area contributed by atoms with Crippen molar-refractivity contribution < 1.29 is 96.6 Å². The fraction of sp³-hybridized carbons (Fsp3) is 0.386. The number of hydrogen-bond acceptors (Lipinski definition) is 30. The van der Waals surface area contributed by atoms with Gasteiger partial charge in [-0.25, -0.2) is 37.3 Å². The molecule has 0 spiro atoms. The van der Waals surface area contributed by atoms with Crippen LogP contribution >= 0.6 is 62.1 Å². The minimum absolute atomic E-state index is 0. The SMILES string of the molecule is CB(O)O.CC(=O)CC(=O)c1cc2c(C)nc(C)cn2n1.CC(=O)CCl.CC(=O)O.CC(=O)c1cc2c(=O)[nH]c(C)cn2n1.CC(=O)c1cc2c(C)nc(C)cn2n1.CC(=O)c1cc2c(Cl)nc(C)cn2n1.CC(C)=O.CCO.CCOC(=O)c1cc(C(C)=O)n[nH]1.CCOC(=O)c1cc(C(C)=O)nn1CC(C)=O.N.O=P(Cl)(Cl)Cl. The van der Waals surface area contributed by atoms with Crippen LogP contribution in [0, 0.1) is 41.5 Å². The lowest BCUT2D eigenvalue weighted by Gasteiger charge is -2.04. The third kappa shape index (κ3) is 44.6. The minimum atomic E-state index is -3.22. The van der Waals surface area contributed by atoms with Crippen LogP contribution in [0.3, 0.4) is 0 Å². The van der Waals surface area contributed by atoms with Crippen LogP contribution in [0.4, 0.5) is 0 Å². The summed E-state index contributed by atoms with van der Waals surface area (Å²) in [7, 11) is -1.17. The number of aliphatic carboxylic acids is 1. The van der Waals surface area contributed by atoms with Gasteiger partial charge in [0, 0.05) is 78.2 Å². The fourth-order valence-electron chi connectivity index (χ4n) is 7.84. The van der Waals surface area contributed by atoms with Gasteiger partial charge in [-0.15, -0.1) is 11.6 Å². The van der Waals surface area contributed by atoms with Crippen molar-refractivity contribution >= 4 is 167 Å². The summed E-state index contributed by atoms with van der Waals surface area (Å²) in [6, 6.07) is 9.28. The van der Waals surface area contributed by atoms with Crippen LogP contribution in [0.15, 0.2) is 66.0 Å². The van der Waals surface area contributed by atoms with Gasteiger partial charge in [0.25, 0.3) is 11.5 Å². The highest BCUT2D eigenvalue weighted by Crippen LogP contribution is 2.61. The number of alkyl halides is 1. The number of rotatable bonds is 15. The number of carboxylic acid groups (broad SMARTS) is 1. The van der Waals surface area contributed by atoms with Crippen LogP contribution in [0.1, 0.15) is 221 Å². The number of halogens is 5. The number of ketones is 10. The number of carboxylic acids is 1. The molecule has 10 heterocycles. The van der Waals surface area contributed by atoms with E-state index in [1.807, 2.05) is 40.8 Å². The topological polar surface area (TPSA) is 561 Å². The van der Waals surface area contributed by atoms with E-state index in [0.717, 1.165) is 46.4 Å². The van der Waals surface area contributed by atoms with Gasteiger partial charge in [0.1, 0.15) is 80.5 Å². The number of carbonyl (C=O) groups is 13. The van der Waals surface area contributed by atoms with Crippen molar-refractivity contribution in [1.82, 2.24) is 84.5 Å².